The molecule has 1 aromatic rings. The van der Waals surface area contributed by atoms with Crippen molar-refractivity contribution in [1.29, 1.82) is 0 Å². The normalized spacial score (nSPS) is 15.6. The van der Waals surface area contributed by atoms with E-state index in [1.54, 1.807) is 13.8 Å². The molecule has 0 aromatic heterocycles. The molecule has 0 bridgehead atoms. The molecule has 0 aliphatic rings. The highest BCUT2D eigenvalue weighted by Crippen LogP contribution is 2.37. The lowest BCUT2D eigenvalue weighted by atomic mass is 9.80. The van der Waals surface area contributed by atoms with Gasteiger partial charge in [-0.05, 0) is 31.9 Å². The third kappa shape index (κ3) is 3.80. The van der Waals surface area contributed by atoms with Crippen LogP contribution in [0, 0.1) is 5.92 Å². The number of ether oxygens (including phenoxy) is 1. The molecule has 0 aliphatic heterocycles. The summed E-state index contributed by atoms with van der Waals surface area (Å²) in [5.74, 6) is -0.902. The smallest absolute Gasteiger partial charge is 0.312 e. The van der Waals surface area contributed by atoms with E-state index in [1.807, 2.05) is 31.2 Å². The van der Waals surface area contributed by atoms with Gasteiger partial charge >= 0.3 is 5.97 Å². The maximum absolute atomic E-state index is 12.1. The molecule has 0 fully saturated rings. The van der Waals surface area contributed by atoms with Crippen LogP contribution in [0.15, 0.2) is 28.7 Å². The second kappa shape index (κ2) is 7.06. The summed E-state index contributed by atoms with van der Waals surface area (Å²) in [6.45, 7) is 5.76. The van der Waals surface area contributed by atoms with Crippen LogP contribution < -0.4 is 0 Å². The molecule has 106 valence electrons. The van der Waals surface area contributed by atoms with Crippen LogP contribution in [0.2, 0.25) is 0 Å². The zero-order valence-electron chi connectivity index (χ0n) is 11.6. The molecule has 0 amide bonds. The maximum Gasteiger partial charge on any atom is 0.312 e. The average Bonchev–Trinajstić information content (AvgIpc) is 2.36. The third-order valence-electron chi connectivity index (χ3n) is 3.25. The van der Waals surface area contributed by atoms with E-state index in [1.165, 1.54) is 0 Å². The van der Waals surface area contributed by atoms with Crippen molar-refractivity contribution in [2.45, 2.75) is 39.2 Å². The summed E-state index contributed by atoms with van der Waals surface area (Å²) in [6.07, 6.45) is 1.40. The van der Waals surface area contributed by atoms with Gasteiger partial charge in [-0.1, -0.05) is 47.5 Å². The van der Waals surface area contributed by atoms with Gasteiger partial charge in [0.25, 0.3) is 0 Å². The number of benzene rings is 1. The third-order valence-corrected chi connectivity index (χ3v) is 3.94. The minimum absolute atomic E-state index is 0.324. The topological polar surface area (TPSA) is 46.5 Å². The molecular weight excluding hydrogens is 308 g/mol. The maximum atomic E-state index is 12.1. The summed E-state index contributed by atoms with van der Waals surface area (Å²) in [7, 11) is 0. The van der Waals surface area contributed by atoms with E-state index in [9.17, 15) is 9.90 Å². The lowest BCUT2D eigenvalue weighted by Gasteiger charge is -2.32. The van der Waals surface area contributed by atoms with Gasteiger partial charge in [0.05, 0.1) is 12.5 Å². The second-order valence-electron chi connectivity index (χ2n) is 4.72. The molecular formula is C15H21BrO3. The van der Waals surface area contributed by atoms with Crippen LogP contribution in [-0.2, 0) is 15.1 Å². The molecule has 1 N–H and O–H groups in total. The molecule has 4 heteroatoms. The van der Waals surface area contributed by atoms with Gasteiger partial charge in [-0.3, -0.25) is 4.79 Å². The molecule has 0 aliphatic carbocycles. The van der Waals surface area contributed by atoms with Crippen LogP contribution in [-0.4, -0.2) is 17.7 Å². The molecule has 1 aromatic carbocycles. The Kier molecular flexibility index (Phi) is 6.01. The summed E-state index contributed by atoms with van der Waals surface area (Å²) in [5.41, 5.74) is -0.538. The van der Waals surface area contributed by atoms with Crippen molar-refractivity contribution in [3.63, 3.8) is 0 Å². The molecule has 0 saturated heterocycles. The summed E-state index contributed by atoms with van der Waals surface area (Å²) in [6, 6.07) is 7.41. The molecule has 0 radical (unpaired) electrons. The molecule has 1 rings (SSSR count). The van der Waals surface area contributed by atoms with Crippen LogP contribution in [0.25, 0.3) is 0 Å². The van der Waals surface area contributed by atoms with Gasteiger partial charge in [0, 0.05) is 4.47 Å². The van der Waals surface area contributed by atoms with Gasteiger partial charge in [-0.15, -0.1) is 0 Å². The number of esters is 1. The Balaban J connectivity index is 3.12. The molecule has 2 atom stereocenters. The lowest BCUT2D eigenvalue weighted by Crippen LogP contribution is -2.38. The van der Waals surface area contributed by atoms with E-state index in [-0.39, 0.29) is 5.97 Å². The molecule has 3 nitrogen and oxygen atoms in total. The summed E-state index contributed by atoms with van der Waals surface area (Å²) in [5, 5.41) is 10.8. The first kappa shape index (κ1) is 16.2. The number of hydrogen-bond donors (Lipinski definition) is 1. The van der Waals surface area contributed by atoms with Crippen LogP contribution >= 0.6 is 15.9 Å². The minimum atomic E-state index is -1.25. The van der Waals surface area contributed by atoms with Crippen molar-refractivity contribution in [3.8, 4) is 0 Å². The Bertz CT molecular complexity index is 429. The van der Waals surface area contributed by atoms with Crippen molar-refractivity contribution in [3.05, 3.63) is 34.3 Å². The highest BCUT2D eigenvalue weighted by molar-refractivity contribution is 9.10. The number of halogens is 1. The van der Waals surface area contributed by atoms with E-state index in [2.05, 4.69) is 15.9 Å². The molecule has 0 heterocycles. The summed E-state index contributed by atoms with van der Waals surface area (Å²) < 4.78 is 5.89. The quantitative estimate of drug-likeness (QED) is 0.811. The fourth-order valence-electron chi connectivity index (χ4n) is 2.22. The van der Waals surface area contributed by atoms with E-state index >= 15 is 0 Å². The van der Waals surface area contributed by atoms with Crippen LogP contribution in [0.3, 0.4) is 0 Å². The van der Waals surface area contributed by atoms with Crippen molar-refractivity contribution in [1.82, 2.24) is 0 Å². The Morgan fingerprint density at radius 1 is 1.42 bits per heavy atom. The molecule has 0 saturated carbocycles. The minimum Gasteiger partial charge on any atom is -0.466 e. The highest BCUT2D eigenvalue weighted by atomic mass is 79.9. The van der Waals surface area contributed by atoms with Crippen molar-refractivity contribution >= 4 is 21.9 Å². The summed E-state index contributed by atoms with van der Waals surface area (Å²) >= 11 is 3.43. The molecule has 2 unspecified atom stereocenters. The number of carbonyl (C=O) groups excluding carboxylic acids is 1. The van der Waals surface area contributed by atoms with E-state index in [4.69, 9.17) is 4.74 Å². The zero-order valence-corrected chi connectivity index (χ0v) is 13.2. The average molecular weight is 329 g/mol. The first-order valence-corrected chi connectivity index (χ1v) is 7.38. The second-order valence-corrected chi connectivity index (χ2v) is 5.58. The fourth-order valence-corrected chi connectivity index (χ4v) is 2.91. The first-order valence-electron chi connectivity index (χ1n) is 6.59. The van der Waals surface area contributed by atoms with Gasteiger partial charge in [0.1, 0.15) is 5.60 Å². The molecule has 0 spiro atoms. The number of rotatable bonds is 6. The Morgan fingerprint density at radius 3 is 2.58 bits per heavy atom. The van der Waals surface area contributed by atoms with Crippen molar-refractivity contribution in [2.75, 3.05) is 6.61 Å². The van der Waals surface area contributed by atoms with Gasteiger partial charge < -0.3 is 9.84 Å². The van der Waals surface area contributed by atoms with Crippen molar-refractivity contribution in [2.24, 2.45) is 5.92 Å². The van der Waals surface area contributed by atoms with Gasteiger partial charge in [0.2, 0.25) is 0 Å². The zero-order chi connectivity index (χ0) is 14.5. The van der Waals surface area contributed by atoms with Gasteiger partial charge in [-0.2, -0.15) is 0 Å². The van der Waals surface area contributed by atoms with Crippen LogP contribution in [0.1, 0.15) is 39.2 Å². The standard InChI is InChI=1S/C15H21BrO3/c1-4-8-12(14(17)19-5-2)15(3,18)11-9-6-7-10-13(11)16/h6-7,9-10,12,18H,4-5,8H2,1-3H3. The number of aliphatic hydroxyl groups is 1. The Hall–Kier alpha value is -0.870. The lowest BCUT2D eigenvalue weighted by molar-refractivity contribution is -0.158. The molecule has 19 heavy (non-hydrogen) atoms. The Morgan fingerprint density at radius 2 is 2.05 bits per heavy atom. The fraction of sp³-hybridized carbons (Fsp3) is 0.533. The highest BCUT2D eigenvalue weighted by Gasteiger charge is 2.40. The van der Waals surface area contributed by atoms with E-state index in [0.29, 0.717) is 18.6 Å². The predicted molar refractivity (Wildman–Crippen MR) is 78.7 cm³/mol. The SMILES string of the molecule is CCCC(C(=O)OCC)C(C)(O)c1ccccc1Br. The van der Waals surface area contributed by atoms with Crippen LogP contribution in [0.5, 0.6) is 0 Å². The van der Waals surface area contributed by atoms with Crippen molar-refractivity contribution < 1.29 is 14.6 Å². The van der Waals surface area contributed by atoms with Gasteiger partial charge in [-0.25, -0.2) is 0 Å². The van der Waals surface area contributed by atoms with E-state index < -0.39 is 11.5 Å². The van der Waals surface area contributed by atoms with E-state index in [0.717, 1.165) is 10.9 Å². The van der Waals surface area contributed by atoms with Crippen LogP contribution in [0.4, 0.5) is 0 Å². The largest absolute Gasteiger partial charge is 0.466 e. The summed E-state index contributed by atoms with van der Waals surface area (Å²) in [4.78, 5) is 12.1. The Labute approximate surface area is 123 Å². The number of carbonyl (C=O) groups is 1. The van der Waals surface area contributed by atoms with Gasteiger partial charge in [0.15, 0.2) is 0 Å². The monoisotopic (exact) mass is 328 g/mol. The number of hydrogen-bond acceptors (Lipinski definition) is 3. The predicted octanol–water partition coefficient (Wildman–Crippen LogP) is 3.64. The first-order chi connectivity index (χ1) is 8.95.